The van der Waals surface area contributed by atoms with Crippen molar-refractivity contribution in [2.45, 2.75) is 32.7 Å². The minimum absolute atomic E-state index is 0.0480. The highest BCUT2D eigenvalue weighted by Gasteiger charge is 2.17. The third kappa shape index (κ3) is 3.70. The third-order valence-corrected chi connectivity index (χ3v) is 2.93. The first kappa shape index (κ1) is 14.3. The Labute approximate surface area is 120 Å². The summed E-state index contributed by atoms with van der Waals surface area (Å²) in [6, 6.07) is 9.87. The number of aromatic nitrogens is 2. The zero-order chi connectivity index (χ0) is 14.6. The number of rotatable bonds is 4. The number of benzene rings is 1. The molecular weight excluding hydrogens is 250 g/mol. The average Bonchev–Trinajstić information content (AvgIpc) is 2.45. The van der Waals surface area contributed by atoms with Gasteiger partial charge in [-0.25, -0.2) is 9.97 Å². The summed E-state index contributed by atoms with van der Waals surface area (Å²) in [5.74, 6) is 2.54. The van der Waals surface area contributed by atoms with E-state index >= 15 is 0 Å². The summed E-state index contributed by atoms with van der Waals surface area (Å²) in [4.78, 5) is 8.87. The van der Waals surface area contributed by atoms with E-state index in [4.69, 9.17) is 4.74 Å². The van der Waals surface area contributed by atoms with Crippen LogP contribution in [0, 0.1) is 0 Å². The molecule has 2 aromatic rings. The van der Waals surface area contributed by atoms with E-state index in [0.29, 0.717) is 6.54 Å². The molecule has 0 unspecified atom stereocenters. The van der Waals surface area contributed by atoms with E-state index in [1.54, 1.807) is 13.3 Å². The van der Waals surface area contributed by atoms with E-state index in [9.17, 15) is 0 Å². The number of hydrogen-bond donors (Lipinski definition) is 1. The topological polar surface area (TPSA) is 47.0 Å². The summed E-state index contributed by atoms with van der Waals surface area (Å²) in [6.07, 6.45) is 1.79. The Morgan fingerprint density at radius 2 is 2.00 bits per heavy atom. The van der Waals surface area contributed by atoms with Crippen LogP contribution in [0.15, 0.2) is 36.5 Å². The van der Waals surface area contributed by atoms with Crippen molar-refractivity contribution in [2.75, 3.05) is 12.4 Å². The highest BCUT2D eigenvalue weighted by atomic mass is 16.5. The highest BCUT2D eigenvalue weighted by Crippen LogP contribution is 2.19. The molecule has 0 aliphatic heterocycles. The van der Waals surface area contributed by atoms with Gasteiger partial charge >= 0.3 is 0 Å². The standard InChI is InChI=1S/C16H21N3O/c1-16(2,3)15-17-9-8-14(19-15)18-11-12-6-5-7-13(10-12)20-4/h5-10H,11H2,1-4H3,(H,17,18,19). The van der Waals surface area contributed by atoms with Crippen LogP contribution in [0.2, 0.25) is 0 Å². The quantitative estimate of drug-likeness (QED) is 0.926. The second-order valence-corrected chi connectivity index (χ2v) is 5.72. The van der Waals surface area contributed by atoms with Gasteiger partial charge in [0, 0.05) is 18.2 Å². The van der Waals surface area contributed by atoms with Gasteiger partial charge in [0.15, 0.2) is 0 Å². The molecule has 1 aromatic carbocycles. The van der Waals surface area contributed by atoms with Gasteiger partial charge in [-0.15, -0.1) is 0 Å². The van der Waals surface area contributed by atoms with Crippen molar-refractivity contribution in [3.05, 3.63) is 47.9 Å². The molecule has 1 N–H and O–H groups in total. The molecule has 0 atom stereocenters. The molecule has 2 rings (SSSR count). The summed E-state index contributed by atoms with van der Waals surface area (Å²) in [5, 5.41) is 3.32. The Morgan fingerprint density at radius 1 is 1.20 bits per heavy atom. The lowest BCUT2D eigenvalue weighted by Crippen LogP contribution is -2.16. The molecule has 106 valence electrons. The Morgan fingerprint density at radius 3 is 2.70 bits per heavy atom. The predicted molar refractivity (Wildman–Crippen MR) is 81.1 cm³/mol. The van der Waals surface area contributed by atoms with E-state index in [1.807, 2.05) is 24.3 Å². The minimum atomic E-state index is -0.0480. The maximum absolute atomic E-state index is 5.22. The molecule has 0 aliphatic rings. The van der Waals surface area contributed by atoms with Gasteiger partial charge in [-0.05, 0) is 23.8 Å². The van der Waals surface area contributed by atoms with Crippen molar-refractivity contribution in [2.24, 2.45) is 0 Å². The second kappa shape index (κ2) is 5.90. The van der Waals surface area contributed by atoms with Crippen molar-refractivity contribution >= 4 is 5.82 Å². The summed E-state index contributed by atoms with van der Waals surface area (Å²) in [7, 11) is 1.67. The van der Waals surface area contributed by atoms with Gasteiger partial charge in [-0.2, -0.15) is 0 Å². The van der Waals surface area contributed by atoms with E-state index in [2.05, 4.69) is 42.1 Å². The molecule has 0 amide bonds. The number of nitrogens with one attached hydrogen (secondary N) is 1. The Kier molecular flexibility index (Phi) is 4.23. The molecule has 0 fully saturated rings. The number of nitrogens with zero attached hydrogens (tertiary/aromatic N) is 2. The second-order valence-electron chi connectivity index (χ2n) is 5.72. The average molecular weight is 271 g/mol. The van der Waals surface area contributed by atoms with Gasteiger partial charge in [0.05, 0.1) is 7.11 Å². The zero-order valence-corrected chi connectivity index (χ0v) is 12.5. The molecule has 0 saturated heterocycles. The summed E-state index contributed by atoms with van der Waals surface area (Å²) >= 11 is 0. The van der Waals surface area contributed by atoms with Gasteiger partial charge in [0.2, 0.25) is 0 Å². The van der Waals surface area contributed by atoms with Crippen molar-refractivity contribution in [1.82, 2.24) is 9.97 Å². The molecule has 4 heteroatoms. The monoisotopic (exact) mass is 271 g/mol. The Bertz CT molecular complexity index is 576. The van der Waals surface area contributed by atoms with Gasteiger partial charge in [0.1, 0.15) is 17.4 Å². The fourth-order valence-electron chi connectivity index (χ4n) is 1.79. The molecule has 0 spiro atoms. The molecule has 0 radical (unpaired) electrons. The first-order chi connectivity index (χ1) is 9.49. The Hall–Kier alpha value is -2.10. The summed E-state index contributed by atoms with van der Waals surface area (Å²) in [6.45, 7) is 7.02. The number of ether oxygens (including phenoxy) is 1. The van der Waals surface area contributed by atoms with Gasteiger partial charge in [-0.3, -0.25) is 0 Å². The van der Waals surface area contributed by atoms with Gasteiger partial charge in [-0.1, -0.05) is 32.9 Å². The highest BCUT2D eigenvalue weighted by molar-refractivity contribution is 5.37. The summed E-state index contributed by atoms with van der Waals surface area (Å²) in [5.41, 5.74) is 1.11. The molecular formula is C16H21N3O. The maximum atomic E-state index is 5.22. The fourth-order valence-corrected chi connectivity index (χ4v) is 1.79. The van der Waals surface area contributed by atoms with E-state index in [-0.39, 0.29) is 5.41 Å². The first-order valence-corrected chi connectivity index (χ1v) is 6.69. The zero-order valence-electron chi connectivity index (χ0n) is 12.5. The van der Waals surface area contributed by atoms with Crippen LogP contribution in [-0.4, -0.2) is 17.1 Å². The molecule has 0 aliphatic carbocycles. The van der Waals surface area contributed by atoms with Gasteiger partial charge in [0.25, 0.3) is 0 Å². The number of anilines is 1. The lowest BCUT2D eigenvalue weighted by Gasteiger charge is -2.17. The summed E-state index contributed by atoms with van der Waals surface area (Å²) < 4.78 is 5.22. The van der Waals surface area contributed by atoms with E-state index in [1.165, 1.54) is 0 Å². The largest absolute Gasteiger partial charge is 0.497 e. The fraction of sp³-hybridized carbons (Fsp3) is 0.375. The van der Waals surface area contributed by atoms with Crippen LogP contribution in [0.25, 0.3) is 0 Å². The maximum Gasteiger partial charge on any atom is 0.135 e. The third-order valence-electron chi connectivity index (χ3n) is 2.93. The van der Waals surface area contributed by atoms with Crippen LogP contribution < -0.4 is 10.1 Å². The van der Waals surface area contributed by atoms with E-state index in [0.717, 1.165) is 23.0 Å². The van der Waals surface area contributed by atoms with Crippen LogP contribution in [-0.2, 0) is 12.0 Å². The number of hydrogen-bond acceptors (Lipinski definition) is 4. The molecule has 1 aromatic heterocycles. The van der Waals surface area contributed by atoms with Crippen molar-refractivity contribution in [3.63, 3.8) is 0 Å². The minimum Gasteiger partial charge on any atom is -0.497 e. The van der Waals surface area contributed by atoms with Crippen LogP contribution in [0.3, 0.4) is 0 Å². The predicted octanol–water partition coefficient (Wildman–Crippen LogP) is 3.39. The SMILES string of the molecule is COc1cccc(CNc2ccnc(C(C)(C)C)n2)c1. The van der Waals surface area contributed by atoms with Crippen LogP contribution >= 0.6 is 0 Å². The van der Waals surface area contributed by atoms with Crippen molar-refractivity contribution < 1.29 is 4.74 Å². The molecule has 1 heterocycles. The Balaban J connectivity index is 2.07. The van der Waals surface area contributed by atoms with Gasteiger partial charge < -0.3 is 10.1 Å². The van der Waals surface area contributed by atoms with Crippen LogP contribution in [0.4, 0.5) is 5.82 Å². The van der Waals surface area contributed by atoms with Crippen LogP contribution in [0.5, 0.6) is 5.75 Å². The van der Waals surface area contributed by atoms with Crippen molar-refractivity contribution in [3.8, 4) is 5.75 Å². The molecule has 0 bridgehead atoms. The lowest BCUT2D eigenvalue weighted by molar-refractivity contribution is 0.414. The van der Waals surface area contributed by atoms with Crippen molar-refractivity contribution in [1.29, 1.82) is 0 Å². The molecule has 0 saturated carbocycles. The normalized spacial score (nSPS) is 11.2. The number of methoxy groups -OCH3 is 1. The smallest absolute Gasteiger partial charge is 0.135 e. The van der Waals surface area contributed by atoms with E-state index < -0.39 is 0 Å². The lowest BCUT2D eigenvalue weighted by atomic mass is 9.96. The first-order valence-electron chi connectivity index (χ1n) is 6.69. The molecule has 4 nitrogen and oxygen atoms in total. The molecule has 20 heavy (non-hydrogen) atoms. The van der Waals surface area contributed by atoms with Crippen LogP contribution in [0.1, 0.15) is 32.2 Å².